The van der Waals surface area contributed by atoms with Gasteiger partial charge in [-0.05, 0) is 50.2 Å². The highest BCUT2D eigenvalue weighted by atomic mass is 16.5. The number of carbonyl (C=O) groups is 2. The van der Waals surface area contributed by atoms with Gasteiger partial charge in [0.25, 0.3) is 5.91 Å². The summed E-state index contributed by atoms with van der Waals surface area (Å²) in [6.45, 7) is 3.81. The minimum atomic E-state index is -0.418. The Morgan fingerprint density at radius 2 is 1.65 bits per heavy atom. The van der Waals surface area contributed by atoms with Gasteiger partial charge in [0.1, 0.15) is 5.75 Å². The van der Waals surface area contributed by atoms with Gasteiger partial charge in [-0.15, -0.1) is 0 Å². The van der Waals surface area contributed by atoms with Gasteiger partial charge in [0.2, 0.25) is 0 Å². The third-order valence-corrected chi connectivity index (χ3v) is 3.06. The van der Waals surface area contributed by atoms with Gasteiger partial charge < -0.3 is 14.8 Å². The number of hydrogen-bond acceptors (Lipinski definition) is 4. The van der Waals surface area contributed by atoms with Crippen molar-refractivity contribution in [2.24, 2.45) is 0 Å². The Labute approximate surface area is 135 Å². The van der Waals surface area contributed by atoms with Crippen molar-refractivity contribution in [3.8, 4) is 5.75 Å². The molecule has 0 heterocycles. The van der Waals surface area contributed by atoms with Crippen molar-refractivity contribution in [1.29, 1.82) is 0 Å². The first-order valence-corrected chi connectivity index (χ1v) is 7.26. The Balaban J connectivity index is 2.15. The molecule has 0 unspecified atom stereocenters. The Hall–Kier alpha value is -2.82. The van der Waals surface area contributed by atoms with E-state index < -0.39 is 5.97 Å². The normalized spacial score (nSPS) is 10.3. The number of amides is 1. The van der Waals surface area contributed by atoms with Crippen LogP contribution in [0.3, 0.4) is 0 Å². The molecule has 0 aliphatic rings. The largest absolute Gasteiger partial charge is 0.490 e. The summed E-state index contributed by atoms with van der Waals surface area (Å²) >= 11 is 0. The molecule has 1 amide bonds. The van der Waals surface area contributed by atoms with E-state index >= 15 is 0 Å². The van der Waals surface area contributed by atoms with E-state index in [4.69, 9.17) is 4.74 Å². The highest BCUT2D eigenvalue weighted by molar-refractivity contribution is 6.06. The molecule has 5 heteroatoms. The molecule has 0 aromatic heterocycles. The predicted molar refractivity (Wildman–Crippen MR) is 87.9 cm³/mol. The first-order chi connectivity index (χ1) is 11.0. The standard InChI is InChI=1S/C18H19NO4/c1-12(2)23-16-7-5-4-6-15(16)17(20)19-14-10-8-13(9-11-14)18(21)22-3/h4-12H,1-3H3,(H,19,20). The maximum atomic E-state index is 12.4. The second-order valence-electron chi connectivity index (χ2n) is 5.19. The molecule has 1 N–H and O–H groups in total. The maximum Gasteiger partial charge on any atom is 0.337 e. The van der Waals surface area contributed by atoms with Crippen LogP contribution in [0.5, 0.6) is 5.75 Å². The molecular weight excluding hydrogens is 294 g/mol. The molecule has 0 bridgehead atoms. The molecule has 120 valence electrons. The molecule has 0 fully saturated rings. The fourth-order valence-electron chi connectivity index (χ4n) is 2.02. The zero-order chi connectivity index (χ0) is 16.8. The summed E-state index contributed by atoms with van der Waals surface area (Å²) in [7, 11) is 1.32. The van der Waals surface area contributed by atoms with Crippen LogP contribution in [0.4, 0.5) is 5.69 Å². The molecule has 23 heavy (non-hydrogen) atoms. The van der Waals surface area contributed by atoms with Crippen LogP contribution in [-0.4, -0.2) is 25.1 Å². The van der Waals surface area contributed by atoms with Crippen molar-refractivity contribution < 1.29 is 19.1 Å². The number of carbonyl (C=O) groups excluding carboxylic acids is 2. The SMILES string of the molecule is COC(=O)c1ccc(NC(=O)c2ccccc2OC(C)C)cc1. The highest BCUT2D eigenvalue weighted by Gasteiger charge is 2.13. The number of para-hydroxylation sites is 1. The molecule has 0 spiro atoms. The maximum absolute atomic E-state index is 12.4. The zero-order valence-corrected chi connectivity index (χ0v) is 13.3. The molecule has 0 saturated heterocycles. The molecule has 2 aromatic rings. The van der Waals surface area contributed by atoms with Crippen molar-refractivity contribution in [3.63, 3.8) is 0 Å². The molecule has 2 rings (SSSR count). The van der Waals surface area contributed by atoms with Gasteiger partial charge in [0.05, 0.1) is 24.3 Å². The number of anilines is 1. The molecule has 0 atom stereocenters. The topological polar surface area (TPSA) is 64.6 Å². The molecule has 0 radical (unpaired) electrons. The monoisotopic (exact) mass is 313 g/mol. The van der Waals surface area contributed by atoms with Crippen LogP contribution in [0.15, 0.2) is 48.5 Å². The van der Waals surface area contributed by atoms with E-state index in [9.17, 15) is 9.59 Å². The van der Waals surface area contributed by atoms with Crippen LogP contribution in [0.1, 0.15) is 34.6 Å². The van der Waals surface area contributed by atoms with Gasteiger partial charge in [-0.3, -0.25) is 4.79 Å². The van der Waals surface area contributed by atoms with E-state index in [-0.39, 0.29) is 12.0 Å². The van der Waals surface area contributed by atoms with E-state index in [0.29, 0.717) is 22.6 Å². The van der Waals surface area contributed by atoms with Crippen molar-refractivity contribution in [3.05, 3.63) is 59.7 Å². The van der Waals surface area contributed by atoms with Crippen LogP contribution < -0.4 is 10.1 Å². The van der Waals surface area contributed by atoms with Crippen molar-refractivity contribution in [2.45, 2.75) is 20.0 Å². The quantitative estimate of drug-likeness (QED) is 0.858. The Kier molecular flexibility index (Phi) is 5.36. The van der Waals surface area contributed by atoms with Crippen LogP contribution in [0.25, 0.3) is 0 Å². The average molecular weight is 313 g/mol. The lowest BCUT2D eigenvalue weighted by molar-refractivity contribution is 0.0600. The molecule has 0 aliphatic carbocycles. The summed E-state index contributed by atoms with van der Waals surface area (Å²) in [5.41, 5.74) is 1.47. The van der Waals surface area contributed by atoms with Crippen LogP contribution in [0.2, 0.25) is 0 Å². The number of hydrogen-bond donors (Lipinski definition) is 1. The van der Waals surface area contributed by atoms with Gasteiger partial charge in [0, 0.05) is 5.69 Å². The Morgan fingerprint density at radius 3 is 2.26 bits per heavy atom. The number of nitrogens with one attached hydrogen (secondary N) is 1. The lowest BCUT2D eigenvalue weighted by Gasteiger charge is -2.14. The van der Waals surface area contributed by atoms with Crippen LogP contribution >= 0.6 is 0 Å². The Morgan fingerprint density at radius 1 is 1.00 bits per heavy atom. The summed E-state index contributed by atoms with van der Waals surface area (Å²) < 4.78 is 10.3. The zero-order valence-electron chi connectivity index (χ0n) is 13.3. The second-order valence-corrected chi connectivity index (χ2v) is 5.19. The summed E-state index contributed by atoms with van der Waals surface area (Å²) in [4.78, 5) is 23.8. The lowest BCUT2D eigenvalue weighted by atomic mass is 10.1. The molecular formula is C18H19NO4. The summed E-state index contributed by atoms with van der Waals surface area (Å²) in [6.07, 6.45) is -0.0247. The number of rotatable bonds is 5. The third kappa shape index (κ3) is 4.32. The van der Waals surface area contributed by atoms with Crippen LogP contribution in [-0.2, 0) is 4.74 Å². The predicted octanol–water partition coefficient (Wildman–Crippen LogP) is 3.51. The van der Waals surface area contributed by atoms with E-state index in [1.54, 1.807) is 42.5 Å². The third-order valence-electron chi connectivity index (χ3n) is 3.06. The van der Waals surface area contributed by atoms with Crippen molar-refractivity contribution in [2.75, 3.05) is 12.4 Å². The number of methoxy groups -OCH3 is 1. The van der Waals surface area contributed by atoms with Gasteiger partial charge in [-0.2, -0.15) is 0 Å². The fourth-order valence-corrected chi connectivity index (χ4v) is 2.02. The number of benzene rings is 2. The van der Waals surface area contributed by atoms with E-state index in [1.807, 2.05) is 19.9 Å². The van der Waals surface area contributed by atoms with E-state index in [2.05, 4.69) is 10.1 Å². The highest BCUT2D eigenvalue weighted by Crippen LogP contribution is 2.21. The van der Waals surface area contributed by atoms with E-state index in [0.717, 1.165) is 0 Å². The van der Waals surface area contributed by atoms with Gasteiger partial charge >= 0.3 is 5.97 Å². The number of esters is 1. The van der Waals surface area contributed by atoms with Crippen molar-refractivity contribution in [1.82, 2.24) is 0 Å². The summed E-state index contributed by atoms with van der Waals surface area (Å²) in [5, 5.41) is 2.78. The smallest absolute Gasteiger partial charge is 0.337 e. The lowest BCUT2D eigenvalue weighted by Crippen LogP contribution is -2.15. The van der Waals surface area contributed by atoms with E-state index in [1.165, 1.54) is 7.11 Å². The van der Waals surface area contributed by atoms with Gasteiger partial charge in [0.15, 0.2) is 0 Å². The molecule has 0 aliphatic heterocycles. The summed E-state index contributed by atoms with van der Waals surface area (Å²) in [5.74, 6) is -0.156. The molecule has 2 aromatic carbocycles. The molecule has 5 nitrogen and oxygen atoms in total. The fraction of sp³-hybridized carbons (Fsp3) is 0.222. The number of ether oxygens (including phenoxy) is 2. The minimum Gasteiger partial charge on any atom is -0.490 e. The first kappa shape index (κ1) is 16.5. The summed E-state index contributed by atoms with van der Waals surface area (Å²) in [6, 6.07) is 13.6. The minimum absolute atomic E-state index is 0.0247. The van der Waals surface area contributed by atoms with Crippen molar-refractivity contribution >= 4 is 17.6 Å². The average Bonchev–Trinajstić information content (AvgIpc) is 2.54. The van der Waals surface area contributed by atoms with Crippen LogP contribution in [0, 0.1) is 0 Å². The first-order valence-electron chi connectivity index (χ1n) is 7.26. The second kappa shape index (κ2) is 7.45. The van der Waals surface area contributed by atoms with Gasteiger partial charge in [-0.1, -0.05) is 12.1 Å². The van der Waals surface area contributed by atoms with Gasteiger partial charge in [-0.25, -0.2) is 4.79 Å². The molecule has 0 saturated carbocycles. The Bertz CT molecular complexity index is 692.